The van der Waals surface area contributed by atoms with Crippen molar-refractivity contribution in [1.29, 1.82) is 0 Å². The molecular weight excluding hydrogens is 373 g/mol. The summed E-state index contributed by atoms with van der Waals surface area (Å²) in [5.74, 6) is -0.0898. The Hall–Kier alpha value is -3.36. The summed E-state index contributed by atoms with van der Waals surface area (Å²) in [6.45, 7) is 3.44. The van der Waals surface area contributed by atoms with Crippen LogP contribution in [0.5, 0.6) is 5.75 Å². The van der Waals surface area contributed by atoms with Crippen molar-refractivity contribution >= 4 is 11.6 Å². The van der Waals surface area contributed by atoms with Crippen LogP contribution in [0.15, 0.2) is 49.1 Å². The standard InChI is InChI=1S/C19H17F3N4O2/c1-12-5-13(2)7-15(6-12)28-9-18(27)25-16-8-14(19(20,21)22)3-4-17(16)26-11-23-10-24-26/h3-8,10-11H,9H2,1-2H3,(H,25,27). The number of hydrogen-bond donors (Lipinski definition) is 1. The zero-order valence-electron chi connectivity index (χ0n) is 15.1. The number of benzene rings is 2. The largest absolute Gasteiger partial charge is 0.484 e. The minimum absolute atomic E-state index is 0.0469. The number of hydrogen-bond acceptors (Lipinski definition) is 4. The first kappa shape index (κ1) is 19.4. The maximum absolute atomic E-state index is 13.1. The van der Waals surface area contributed by atoms with Crippen LogP contribution in [-0.2, 0) is 11.0 Å². The first-order valence-electron chi connectivity index (χ1n) is 8.29. The molecule has 3 rings (SSSR count). The number of ether oxygens (including phenoxy) is 1. The molecular formula is C19H17F3N4O2. The molecule has 0 unspecified atom stereocenters. The van der Waals surface area contributed by atoms with Gasteiger partial charge in [-0.2, -0.15) is 18.3 Å². The molecule has 0 aliphatic carbocycles. The second kappa shape index (κ2) is 7.71. The molecule has 6 nitrogen and oxygen atoms in total. The minimum Gasteiger partial charge on any atom is -0.484 e. The fourth-order valence-electron chi connectivity index (χ4n) is 2.70. The second-order valence-corrected chi connectivity index (χ2v) is 6.23. The molecule has 0 saturated carbocycles. The Morgan fingerprint density at radius 3 is 2.46 bits per heavy atom. The SMILES string of the molecule is Cc1cc(C)cc(OCC(=O)Nc2cc(C(F)(F)F)ccc2-n2cncn2)c1. The fourth-order valence-corrected chi connectivity index (χ4v) is 2.70. The highest BCUT2D eigenvalue weighted by Crippen LogP contribution is 2.33. The number of halogens is 3. The van der Waals surface area contributed by atoms with E-state index in [0.29, 0.717) is 5.75 Å². The summed E-state index contributed by atoms with van der Waals surface area (Å²) in [4.78, 5) is 16.1. The van der Waals surface area contributed by atoms with Crippen LogP contribution in [0, 0.1) is 13.8 Å². The van der Waals surface area contributed by atoms with Crippen LogP contribution < -0.4 is 10.1 Å². The van der Waals surface area contributed by atoms with Gasteiger partial charge in [-0.05, 0) is 55.3 Å². The molecule has 0 saturated heterocycles. The van der Waals surface area contributed by atoms with Gasteiger partial charge in [0.2, 0.25) is 0 Å². The van der Waals surface area contributed by atoms with E-state index in [1.54, 1.807) is 12.1 Å². The predicted octanol–water partition coefficient (Wildman–Crippen LogP) is 3.92. The zero-order valence-corrected chi connectivity index (χ0v) is 15.1. The molecule has 28 heavy (non-hydrogen) atoms. The monoisotopic (exact) mass is 390 g/mol. The lowest BCUT2D eigenvalue weighted by Crippen LogP contribution is -2.21. The van der Waals surface area contributed by atoms with E-state index in [4.69, 9.17) is 4.74 Å². The lowest BCUT2D eigenvalue weighted by atomic mass is 10.1. The fraction of sp³-hybridized carbons (Fsp3) is 0.211. The number of carbonyl (C=O) groups is 1. The van der Waals surface area contributed by atoms with Crippen molar-refractivity contribution in [2.75, 3.05) is 11.9 Å². The summed E-state index contributed by atoms with van der Waals surface area (Å²) in [6, 6.07) is 8.49. The summed E-state index contributed by atoms with van der Waals surface area (Å²) in [6.07, 6.45) is -1.98. The Kier molecular flexibility index (Phi) is 5.34. The quantitative estimate of drug-likeness (QED) is 0.717. The summed E-state index contributed by atoms with van der Waals surface area (Å²) in [5.41, 5.74) is 1.27. The minimum atomic E-state index is -4.55. The molecule has 1 heterocycles. The van der Waals surface area contributed by atoms with Crippen LogP contribution in [0.25, 0.3) is 5.69 Å². The van der Waals surface area contributed by atoms with E-state index in [2.05, 4.69) is 15.4 Å². The number of alkyl halides is 3. The third-order valence-electron chi connectivity index (χ3n) is 3.83. The van der Waals surface area contributed by atoms with Crippen molar-refractivity contribution < 1.29 is 22.7 Å². The predicted molar refractivity (Wildman–Crippen MR) is 96.4 cm³/mol. The number of aryl methyl sites for hydroxylation is 2. The molecule has 9 heteroatoms. The first-order chi connectivity index (χ1) is 13.2. The van der Waals surface area contributed by atoms with Gasteiger partial charge in [-0.15, -0.1) is 0 Å². The van der Waals surface area contributed by atoms with Crippen LogP contribution in [-0.4, -0.2) is 27.3 Å². The van der Waals surface area contributed by atoms with Crippen molar-refractivity contribution in [1.82, 2.24) is 14.8 Å². The molecule has 1 N–H and O–H groups in total. The maximum Gasteiger partial charge on any atom is 0.416 e. The van der Waals surface area contributed by atoms with E-state index in [9.17, 15) is 18.0 Å². The van der Waals surface area contributed by atoms with Gasteiger partial charge in [0.25, 0.3) is 5.91 Å². The van der Waals surface area contributed by atoms with Gasteiger partial charge in [0.1, 0.15) is 18.4 Å². The van der Waals surface area contributed by atoms with Crippen LogP contribution in [0.1, 0.15) is 16.7 Å². The molecule has 1 aromatic heterocycles. The highest BCUT2D eigenvalue weighted by molar-refractivity contribution is 5.94. The van der Waals surface area contributed by atoms with Crippen LogP contribution in [0.4, 0.5) is 18.9 Å². The van der Waals surface area contributed by atoms with Crippen LogP contribution in [0.2, 0.25) is 0 Å². The van der Waals surface area contributed by atoms with E-state index in [-0.39, 0.29) is 18.0 Å². The normalized spacial score (nSPS) is 11.3. The van der Waals surface area contributed by atoms with Gasteiger partial charge < -0.3 is 10.1 Å². The molecule has 1 amide bonds. The van der Waals surface area contributed by atoms with E-state index < -0.39 is 17.6 Å². The number of nitrogens with one attached hydrogen (secondary N) is 1. The molecule has 3 aromatic rings. The molecule has 0 spiro atoms. The number of carbonyl (C=O) groups excluding carboxylic acids is 1. The second-order valence-electron chi connectivity index (χ2n) is 6.23. The molecule has 0 fully saturated rings. The molecule has 0 aliphatic rings. The summed E-state index contributed by atoms with van der Waals surface area (Å²) < 4.78 is 45.9. The van der Waals surface area contributed by atoms with Gasteiger partial charge in [0, 0.05) is 0 Å². The topological polar surface area (TPSA) is 69.0 Å². The summed E-state index contributed by atoms with van der Waals surface area (Å²) in [7, 11) is 0. The van der Waals surface area contributed by atoms with Gasteiger partial charge >= 0.3 is 6.18 Å². The molecule has 0 aliphatic heterocycles. The van der Waals surface area contributed by atoms with Gasteiger partial charge in [-0.25, -0.2) is 9.67 Å². The van der Waals surface area contributed by atoms with E-state index in [1.165, 1.54) is 23.4 Å². The average Bonchev–Trinajstić information content (AvgIpc) is 3.13. The third kappa shape index (κ3) is 4.67. The van der Waals surface area contributed by atoms with Crippen molar-refractivity contribution in [3.63, 3.8) is 0 Å². The number of amides is 1. The lowest BCUT2D eigenvalue weighted by Gasteiger charge is -2.15. The Balaban J connectivity index is 1.80. The number of rotatable bonds is 5. The van der Waals surface area contributed by atoms with Crippen molar-refractivity contribution in [2.45, 2.75) is 20.0 Å². The van der Waals surface area contributed by atoms with Crippen molar-refractivity contribution in [2.24, 2.45) is 0 Å². The number of anilines is 1. The van der Waals surface area contributed by atoms with Gasteiger partial charge in [-0.3, -0.25) is 4.79 Å². The Labute approximate surface area is 159 Å². The van der Waals surface area contributed by atoms with Crippen molar-refractivity contribution in [3.05, 3.63) is 65.7 Å². The highest BCUT2D eigenvalue weighted by atomic mass is 19.4. The highest BCUT2D eigenvalue weighted by Gasteiger charge is 2.31. The summed E-state index contributed by atoms with van der Waals surface area (Å²) in [5, 5.41) is 6.36. The van der Waals surface area contributed by atoms with Crippen molar-refractivity contribution in [3.8, 4) is 11.4 Å². The van der Waals surface area contributed by atoms with Crippen LogP contribution >= 0.6 is 0 Å². The van der Waals surface area contributed by atoms with E-state index in [1.807, 2.05) is 19.9 Å². The third-order valence-corrected chi connectivity index (χ3v) is 3.83. The van der Waals surface area contributed by atoms with Gasteiger partial charge in [0.15, 0.2) is 6.61 Å². The Morgan fingerprint density at radius 1 is 1.14 bits per heavy atom. The first-order valence-corrected chi connectivity index (χ1v) is 8.29. The average molecular weight is 390 g/mol. The van der Waals surface area contributed by atoms with Crippen LogP contribution in [0.3, 0.4) is 0 Å². The molecule has 2 aromatic carbocycles. The van der Waals surface area contributed by atoms with E-state index >= 15 is 0 Å². The molecule has 0 atom stereocenters. The van der Waals surface area contributed by atoms with Gasteiger partial charge in [0.05, 0.1) is 16.9 Å². The molecule has 0 bridgehead atoms. The Morgan fingerprint density at radius 2 is 1.86 bits per heavy atom. The molecule has 146 valence electrons. The Bertz CT molecular complexity index is 965. The lowest BCUT2D eigenvalue weighted by molar-refractivity contribution is -0.137. The van der Waals surface area contributed by atoms with Gasteiger partial charge in [-0.1, -0.05) is 6.07 Å². The molecule has 0 radical (unpaired) electrons. The van der Waals surface area contributed by atoms with E-state index in [0.717, 1.165) is 23.3 Å². The number of nitrogens with zero attached hydrogens (tertiary/aromatic N) is 3. The number of aromatic nitrogens is 3. The summed E-state index contributed by atoms with van der Waals surface area (Å²) >= 11 is 0. The zero-order chi connectivity index (χ0) is 20.3. The smallest absolute Gasteiger partial charge is 0.416 e. The maximum atomic E-state index is 13.1.